The van der Waals surface area contributed by atoms with Crippen molar-refractivity contribution < 1.29 is 10.2 Å². The molecule has 0 aromatic heterocycles. The third-order valence-electron chi connectivity index (χ3n) is 3.16. The molecule has 0 spiro atoms. The molecule has 0 bridgehead atoms. The fourth-order valence-corrected chi connectivity index (χ4v) is 2.12. The summed E-state index contributed by atoms with van der Waals surface area (Å²) < 4.78 is 0. The summed E-state index contributed by atoms with van der Waals surface area (Å²) in [5.74, 6) is 0.432. The Morgan fingerprint density at radius 1 is 0.700 bits per heavy atom. The van der Waals surface area contributed by atoms with Crippen molar-refractivity contribution in [1.29, 1.82) is 0 Å². The number of nitrogens with zero attached hydrogens (tertiary/aromatic N) is 1. The van der Waals surface area contributed by atoms with Crippen LogP contribution in [0.15, 0.2) is 65.7 Å². The highest BCUT2D eigenvalue weighted by Gasteiger charge is 2.03. The third kappa shape index (κ3) is 2.21. The smallest absolute Gasteiger partial charge is 0.124 e. The van der Waals surface area contributed by atoms with Gasteiger partial charge in [0.2, 0.25) is 0 Å². The summed E-state index contributed by atoms with van der Waals surface area (Å²) in [4.78, 5) is 4.41. The van der Waals surface area contributed by atoms with Crippen LogP contribution >= 0.6 is 0 Å². The molecular weight excluding hydrogens is 250 g/mol. The highest BCUT2D eigenvalue weighted by atomic mass is 16.3. The zero-order chi connectivity index (χ0) is 13.9. The molecule has 20 heavy (non-hydrogen) atoms. The summed E-state index contributed by atoms with van der Waals surface area (Å²) in [6, 6.07) is 17.9. The number of phenolic OH excluding ortho intramolecular Hbond substituents is 2. The molecule has 0 aliphatic carbocycles. The zero-order valence-electron chi connectivity index (χ0n) is 10.7. The maximum Gasteiger partial charge on any atom is 0.124 e. The van der Waals surface area contributed by atoms with Gasteiger partial charge in [-0.15, -0.1) is 0 Å². The summed E-state index contributed by atoms with van der Waals surface area (Å²) in [6.07, 6.45) is 1.62. The van der Waals surface area contributed by atoms with Gasteiger partial charge in [0, 0.05) is 22.6 Å². The van der Waals surface area contributed by atoms with Crippen molar-refractivity contribution in [3.05, 3.63) is 66.2 Å². The maximum absolute atomic E-state index is 9.83. The van der Waals surface area contributed by atoms with Gasteiger partial charge in [0.15, 0.2) is 0 Å². The SMILES string of the molecule is Oc1ccccc1/C=N/c1ccc(O)c2ccccc12. The molecule has 0 radical (unpaired) electrons. The summed E-state index contributed by atoms with van der Waals surface area (Å²) >= 11 is 0. The Hall–Kier alpha value is -2.81. The van der Waals surface area contributed by atoms with E-state index in [-0.39, 0.29) is 11.5 Å². The van der Waals surface area contributed by atoms with Gasteiger partial charge in [0.1, 0.15) is 11.5 Å². The normalized spacial score (nSPS) is 11.2. The van der Waals surface area contributed by atoms with Crippen molar-refractivity contribution in [1.82, 2.24) is 0 Å². The van der Waals surface area contributed by atoms with Crippen molar-refractivity contribution in [2.45, 2.75) is 0 Å². The van der Waals surface area contributed by atoms with Gasteiger partial charge in [-0.3, -0.25) is 4.99 Å². The molecule has 0 amide bonds. The minimum absolute atomic E-state index is 0.194. The molecule has 2 N–H and O–H groups in total. The van der Waals surface area contributed by atoms with Crippen LogP contribution in [-0.2, 0) is 0 Å². The number of hydrogen-bond donors (Lipinski definition) is 2. The van der Waals surface area contributed by atoms with Crippen LogP contribution in [0.3, 0.4) is 0 Å². The van der Waals surface area contributed by atoms with Gasteiger partial charge in [-0.2, -0.15) is 0 Å². The van der Waals surface area contributed by atoms with E-state index in [4.69, 9.17) is 0 Å². The lowest BCUT2D eigenvalue weighted by Gasteiger charge is -2.04. The molecule has 0 heterocycles. The fraction of sp³-hybridized carbons (Fsp3) is 0. The van der Waals surface area contributed by atoms with Crippen LogP contribution < -0.4 is 0 Å². The molecule has 0 aliphatic rings. The number of phenols is 2. The van der Waals surface area contributed by atoms with E-state index in [9.17, 15) is 10.2 Å². The molecule has 3 rings (SSSR count). The number of benzene rings is 3. The minimum Gasteiger partial charge on any atom is -0.507 e. The van der Waals surface area contributed by atoms with Crippen LogP contribution in [0.2, 0.25) is 0 Å². The second kappa shape index (κ2) is 5.05. The van der Waals surface area contributed by atoms with E-state index in [1.807, 2.05) is 30.3 Å². The van der Waals surface area contributed by atoms with E-state index in [0.29, 0.717) is 5.56 Å². The number of rotatable bonds is 2. The number of aromatic hydroxyl groups is 2. The van der Waals surface area contributed by atoms with Gasteiger partial charge >= 0.3 is 0 Å². The topological polar surface area (TPSA) is 52.8 Å². The summed E-state index contributed by atoms with van der Waals surface area (Å²) in [7, 11) is 0. The van der Waals surface area contributed by atoms with Gasteiger partial charge in [0.25, 0.3) is 0 Å². The predicted molar refractivity (Wildman–Crippen MR) is 81.0 cm³/mol. The van der Waals surface area contributed by atoms with Crippen molar-refractivity contribution in [2.75, 3.05) is 0 Å². The van der Waals surface area contributed by atoms with Crippen LogP contribution in [0.25, 0.3) is 10.8 Å². The molecule has 98 valence electrons. The molecule has 3 nitrogen and oxygen atoms in total. The fourth-order valence-electron chi connectivity index (χ4n) is 2.12. The first-order valence-corrected chi connectivity index (χ1v) is 6.28. The quantitative estimate of drug-likeness (QED) is 0.686. The average molecular weight is 263 g/mol. The summed E-state index contributed by atoms with van der Waals surface area (Å²) in [5, 5.41) is 21.2. The van der Waals surface area contributed by atoms with E-state index in [0.717, 1.165) is 16.5 Å². The van der Waals surface area contributed by atoms with Crippen molar-refractivity contribution in [3.8, 4) is 11.5 Å². The lowest BCUT2D eigenvalue weighted by molar-refractivity contribution is 0.474. The Balaban J connectivity index is 2.08. The van der Waals surface area contributed by atoms with Crippen LogP contribution in [0.1, 0.15) is 5.56 Å². The van der Waals surface area contributed by atoms with E-state index in [2.05, 4.69) is 4.99 Å². The Labute approximate surface area is 116 Å². The lowest BCUT2D eigenvalue weighted by Crippen LogP contribution is -1.81. The standard InChI is InChI=1S/C17H13NO2/c19-16-8-4-1-5-12(16)11-18-15-9-10-17(20)14-7-3-2-6-13(14)15/h1-11,19-20H/b18-11+. The van der Waals surface area contributed by atoms with Crippen molar-refractivity contribution in [2.24, 2.45) is 4.99 Å². The van der Waals surface area contributed by atoms with Gasteiger partial charge in [0.05, 0.1) is 5.69 Å². The molecule has 0 atom stereocenters. The zero-order valence-corrected chi connectivity index (χ0v) is 10.7. The maximum atomic E-state index is 9.83. The molecule has 0 saturated carbocycles. The predicted octanol–water partition coefficient (Wildman–Crippen LogP) is 4.00. The second-order valence-electron chi connectivity index (χ2n) is 4.47. The molecule has 3 aromatic carbocycles. The van der Waals surface area contributed by atoms with Gasteiger partial charge in [-0.05, 0) is 24.3 Å². The Bertz CT molecular complexity index is 794. The first-order chi connectivity index (χ1) is 9.75. The summed E-state index contributed by atoms with van der Waals surface area (Å²) in [6.45, 7) is 0. The van der Waals surface area contributed by atoms with Crippen LogP contribution in [-0.4, -0.2) is 16.4 Å². The van der Waals surface area contributed by atoms with Gasteiger partial charge in [-0.25, -0.2) is 0 Å². The largest absolute Gasteiger partial charge is 0.507 e. The molecule has 3 heteroatoms. The molecule has 0 fully saturated rings. The molecule has 0 aliphatic heterocycles. The van der Waals surface area contributed by atoms with Crippen LogP contribution in [0.5, 0.6) is 11.5 Å². The first-order valence-electron chi connectivity index (χ1n) is 6.28. The highest BCUT2D eigenvalue weighted by molar-refractivity contribution is 5.98. The van der Waals surface area contributed by atoms with Crippen LogP contribution in [0, 0.1) is 0 Å². The highest BCUT2D eigenvalue weighted by Crippen LogP contribution is 2.32. The van der Waals surface area contributed by atoms with E-state index in [1.54, 1.807) is 36.5 Å². The first kappa shape index (κ1) is 12.2. The van der Waals surface area contributed by atoms with Crippen molar-refractivity contribution in [3.63, 3.8) is 0 Å². The van der Waals surface area contributed by atoms with Gasteiger partial charge < -0.3 is 10.2 Å². The van der Waals surface area contributed by atoms with E-state index < -0.39 is 0 Å². The van der Waals surface area contributed by atoms with E-state index in [1.165, 1.54) is 0 Å². The molecular formula is C17H13NO2. The molecule has 0 saturated heterocycles. The average Bonchev–Trinajstić information content (AvgIpc) is 2.48. The second-order valence-corrected chi connectivity index (χ2v) is 4.47. The number of para-hydroxylation sites is 1. The Kier molecular flexibility index (Phi) is 3.09. The van der Waals surface area contributed by atoms with Gasteiger partial charge in [-0.1, -0.05) is 36.4 Å². The number of fused-ring (bicyclic) bond motifs is 1. The number of aliphatic imine (C=N–C) groups is 1. The van der Waals surface area contributed by atoms with E-state index >= 15 is 0 Å². The molecule has 0 unspecified atom stereocenters. The molecule has 3 aromatic rings. The third-order valence-corrected chi connectivity index (χ3v) is 3.16. The van der Waals surface area contributed by atoms with Crippen LogP contribution in [0.4, 0.5) is 5.69 Å². The lowest BCUT2D eigenvalue weighted by atomic mass is 10.1. The Morgan fingerprint density at radius 3 is 2.20 bits per heavy atom. The number of hydrogen-bond acceptors (Lipinski definition) is 3. The Morgan fingerprint density at radius 2 is 1.40 bits per heavy atom. The minimum atomic E-state index is 0.194. The monoisotopic (exact) mass is 263 g/mol. The summed E-state index contributed by atoms with van der Waals surface area (Å²) in [5.41, 5.74) is 1.41. The van der Waals surface area contributed by atoms with Crippen molar-refractivity contribution >= 4 is 22.7 Å².